The molecule has 0 fully saturated rings. The van der Waals surface area contributed by atoms with Gasteiger partial charge in [0, 0.05) is 6.07 Å². The van der Waals surface area contributed by atoms with Gasteiger partial charge in [-0.3, -0.25) is 4.79 Å². The molecule has 0 atom stereocenters. The van der Waals surface area contributed by atoms with Crippen LogP contribution in [0.25, 0.3) is 11.3 Å². The molecule has 3 N–H and O–H groups in total. The minimum absolute atomic E-state index is 0.0153. The van der Waals surface area contributed by atoms with Crippen LogP contribution < -0.4 is 10.5 Å². The first-order valence-corrected chi connectivity index (χ1v) is 5.87. The van der Waals surface area contributed by atoms with Gasteiger partial charge in [-0.25, -0.2) is 8.78 Å². The molecule has 8 heteroatoms. The minimum Gasteiger partial charge on any atom is -0.490 e. The zero-order valence-electron chi connectivity index (χ0n) is 10.6. The number of benzene rings is 1. The zero-order valence-corrected chi connectivity index (χ0v) is 10.6. The fourth-order valence-corrected chi connectivity index (χ4v) is 1.68. The third-order valence-corrected chi connectivity index (χ3v) is 2.50. The van der Waals surface area contributed by atoms with Gasteiger partial charge in [-0.1, -0.05) is 6.92 Å². The van der Waals surface area contributed by atoms with E-state index in [2.05, 4.69) is 15.4 Å². The minimum atomic E-state index is -0.883. The molecule has 0 saturated heterocycles. The predicted octanol–water partition coefficient (Wildman–Crippen LogP) is 1.64. The van der Waals surface area contributed by atoms with Crippen LogP contribution >= 0.6 is 0 Å². The molecule has 2 aromatic rings. The van der Waals surface area contributed by atoms with E-state index in [4.69, 9.17) is 10.5 Å². The Hall–Kier alpha value is -2.51. The number of nitrogens with two attached hydrogens (primary N) is 1. The number of primary amides is 1. The molecule has 1 amide bonds. The van der Waals surface area contributed by atoms with Gasteiger partial charge >= 0.3 is 0 Å². The van der Waals surface area contributed by atoms with Crippen LogP contribution in [0, 0.1) is 11.6 Å². The van der Waals surface area contributed by atoms with Crippen molar-refractivity contribution in [2.24, 2.45) is 5.73 Å². The van der Waals surface area contributed by atoms with E-state index >= 15 is 0 Å². The second-order valence-corrected chi connectivity index (χ2v) is 4.00. The lowest BCUT2D eigenvalue weighted by Crippen LogP contribution is -2.13. The number of carbonyl (C=O) groups is 1. The van der Waals surface area contributed by atoms with Gasteiger partial charge in [0.1, 0.15) is 11.5 Å². The van der Waals surface area contributed by atoms with Crippen molar-refractivity contribution in [1.29, 1.82) is 0 Å². The highest BCUT2D eigenvalue weighted by Crippen LogP contribution is 2.33. The first kappa shape index (κ1) is 13.9. The monoisotopic (exact) mass is 282 g/mol. The largest absolute Gasteiger partial charge is 0.490 e. The van der Waals surface area contributed by atoms with Crippen molar-refractivity contribution in [2.75, 3.05) is 6.61 Å². The quantitative estimate of drug-likeness (QED) is 0.871. The summed E-state index contributed by atoms with van der Waals surface area (Å²) in [6.45, 7) is 2.07. The maximum absolute atomic E-state index is 13.8. The molecule has 0 saturated carbocycles. The SMILES string of the molecule is CCCOc1c(F)cc(F)cc1-c1n[nH]nc1C(N)=O. The van der Waals surface area contributed by atoms with Crippen LogP contribution in [-0.2, 0) is 0 Å². The molecule has 1 heterocycles. The summed E-state index contributed by atoms with van der Waals surface area (Å²) in [5, 5.41) is 9.47. The molecule has 0 aliphatic carbocycles. The topological polar surface area (TPSA) is 93.9 Å². The van der Waals surface area contributed by atoms with Gasteiger partial charge in [-0.05, 0) is 12.5 Å². The van der Waals surface area contributed by atoms with Crippen LogP contribution in [0.15, 0.2) is 12.1 Å². The summed E-state index contributed by atoms with van der Waals surface area (Å²) >= 11 is 0. The number of halogens is 2. The Balaban J connectivity index is 2.59. The number of H-pyrrole nitrogens is 1. The van der Waals surface area contributed by atoms with Crippen molar-refractivity contribution < 1.29 is 18.3 Å². The Morgan fingerprint density at radius 2 is 2.15 bits per heavy atom. The normalized spacial score (nSPS) is 10.6. The highest BCUT2D eigenvalue weighted by Gasteiger charge is 2.22. The Kier molecular flexibility index (Phi) is 3.92. The van der Waals surface area contributed by atoms with Gasteiger partial charge in [0.15, 0.2) is 17.3 Å². The second kappa shape index (κ2) is 5.64. The average molecular weight is 282 g/mol. The molecule has 6 nitrogen and oxygen atoms in total. The summed E-state index contributed by atoms with van der Waals surface area (Å²) in [6.07, 6.45) is 0.637. The lowest BCUT2D eigenvalue weighted by atomic mass is 10.1. The molecule has 0 bridgehead atoms. The van der Waals surface area contributed by atoms with Gasteiger partial charge in [0.2, 0.25) is 0 Å². The Morgan fingerprint density at radius 1 is 1.40 bits per heavy atom. The van der Waals surface area contributed by atoms with Gasteiger partial charge in [-0.2, -0.15) is 15.4 Å². The Morgan fingerprint density at radius 3 is 2.80 bits per heavy atom. The molecule has 106 valence electrons. The molecule has 20 heavy (non-hydrogen) atoms. The molecular weight excluding hydrogens is 270 g/mol. The maximum atomic E-state index is 13.8. The molecular formula is C12H12F2N4O2. The maximum Gasteiger partial charge on any atom is 0.271 e. The Labute approximate surface area is 112 Å². The number of aromatic nitrogens is 3. The summed E-state index contributed by atoms with van der Waals surface area (Å²) in [5.41, 5.74) is 4.85. The summed E-state index contributed by atoms with van der Waals surface area (Å²) in [4.78, 5) is 11.2. The number of carbonyl (C=O) groups excluding carboxylic acids is 1. The molecule has 0 radical (unpaired) electrons. The van der Waals surface area contributed by atoms with Gasteiger partial charge in [0.05, 0.1) is 12.2 Å². The van der Waals surface area contributed by atoms with Crippen molar-refractivity contribution in [3.05, 3.63) is 29.5 Å². The number of hydrogen-bond acceptors (Lipinski definition) is 4. The molecule has 1 aromatic carbocycles. The van der Waals surface area contributed by atoms with Crippen LogP contribution in [0.5, 0.6) is 5.75 Å². The van der Waals surface area contributed by atoms with Gasteiger partial charge < -0.3 is 10.5 Å². The predicted molar refractivity (Wildman–Crippen MR) is 66.0 cm³/mol. The Bertz CT molecular complexity index is 642. The number of rotatable bonds is 5. The summed E-state index contributed by atoms with van der Waals surface area (Å²) in [5.74, 6) is -2.75. The second-order valence-electron chi connectivity index (χ2n) is 4.00. The van der Waals surface area contributed by atoms with Crippen LogP contribution in [0.1, 0.15) is 23.8 Å². The van der Waals surface area contributed by atoms with E-state index in [1.165, 1.54) is 0 Å². The lowest BCUT2D eigenvalue weighted by Gasteiger charge is -2.11. The smallest absolute Gasteiger partial charge is 0.271 e. The van der Waals surface area contributed by atoms with Crippen LogP contribution in [0.3, 0.4) is 0 Å². The molecule has 0 unspecified atom stereocenters. The first-order chi connectivity index (χ1) is 9.54. The standard InChI is InChI=1S/C12H12F2N4O2/c1-2-3-20-11-7(4-6(13)5-8(11)14)9-10(12(15)19)17-18-16-9/h4-5H,2-3H2,1H3,(H2,15,19)(H,16,17,18). The van der Waals surface area contributed by atoms with E-state index < -0.39 is 17.5 Å². The first-order valence-electron chi connectivity index (χ1n) is 5.87. The number of nitrogens with one attached hydrogen (secondary N) is 1. The summed E-state index contributed by atoms with van der Waals surface area (Å²) in [7, 11) is 0. The summed E-state index contributed by atoms with van der Waals surface area (Å²) in [6, 6.07) is 1.71. The van der Waals surface area contributed by atoms with Gasteiger partial charge in [0.25, 0.3) is 5.91 Å². The fraction of sp³-hybridized carbons (Fsp3) is 0.250. The van der Waals surface area contributed by atoms with Crippen LogP contribution in [0.2, 0.25) is 0 Å². The fourth-order valence-electron chi connectivity index (χ4n) is 1.68. The van der Waals surface area contributed by atoms with Gasteiger partial charge in [-0.15, -0.1) is 0 Å². The van der Waals surface area contributed by atoms with Crippen LogP contribution in [0.4, 0.5) is 8.78 Å². The van der Waals surface area contributed by atoms with Crippen molar-refractivity contribution in [2.45, 2.75) is 13.3 Å². The number of ether oxygens (including phenoxy) is 1. The number of hydrogen-bond donors (Lipinski definition) is 2. The van der Waals surface area contributed by atoms with E-state index in [-0.39, 0.29) is 29.3 Å². The van der Waals surface area contributed by atoms with Crippen molar-refractivity contribution in [1.82, 2.24) is 15.4 Å². The number of nitrogens with zero attached hydrogens (tertiary/aromatic N) is 2. The molecule has 1 aromatic heterocycles. The lowest BCUT2D eigenvalue weighted by molar-refractivity contribution is 0.0996. The van der Waals surface area contributed by atoms with E-state index in [0.29, 0.717) is 12.5 Å². The summed E-state index contributed by atoms with van der Waals surface area (Å²) < 4.78 is 32.5. The van der Waals surface area contributed by atoms with E-state index in [9.17, 15) is 13.6 Å². The third kappa shape index (κ3) is 2.58. The highest BCUT2D eigenvalue weighted by atomic mass is 19.1. The van der Waals surface area contributed by atoms with E-state index in [1.54, 1.807) is 0 Å². The zero-order chi connectivity index (χ0) is 14.7. The highest BCUT2D eigenvalue weighted by molar-refractivity contribution is 5.97. The van der Waals surface area contributed by atoms with Crippen molar-refractivity contribution in [3.63, 3.8) is 0 Å². The van der Waals surface area contributed by atoms with E-state index in [0.717, 1.165) is 6.07 Å². The number of amides is 1. The number of aromatic amines is 1. The third-order valence-electron chi connectivity index (χ3n) is 2.50. The molecule has 0 aliphatic rings. The molecule has 0 aliphatic heterocycles. The van der Waals surface area contributed by atoms with Crippen LogP contribution in [-0.4, -0.2) is 27.9 Å². The molecule has 0 spiro atoms. The molecule has 2 rings (SSSR count). The van der Waals surface area contributed by atoms with Crippen molar-refractivity contribution in [3.8, 4) is 17.0 Å². The van der Waals surface area contributed by atoms with E-state index in [1.807, 2.05) is 6.92 Å². The average Bonchev–Trinajstić information content (AvgIpc) is 2.86. The van der Waals surface area contributed by atoms with Crippen molar-refractivity contribution >= 4 is 5.91 Å².